The van der Waals surface area contributed by atoms with Gasteiger partial charge in [0.05, 0.1) is 17.0 Å². The van der Waals surface area contributed by atoms with Gasteiger partial charge in [0.15, 0.2) is 6.20 Å². The summed E-state index contributed by atoms with van der Waals surface area (Å²) in [5.74, 6) is -0.514. The lowest BCUT2D eigenvalue weighted by Gasteiger charge is -2.13. The van der Waals surface area contributed by atoms with E-state index in [1.807, 2.05) is 0 Å². The molecule has 0 radical (unpaired) electrons. The summed E-state index contributed by atoms with van der Waals surface area (Å²) < 4.78 is 16.0. The maximum Gasteiger partial charge on any atom is 0.251 e. The van der Waals surface area contributed by atoms with E-state index < -0.39 is 5.82 Å². The predicted octanol–water partition coefficient (Wildman–Crippen LogP) is 3.47. The predicted molar refractivity (Wildman–Crippen MR) is 105 cm³/mol. The molecule has 8 heteroatoms. The molecule has 0 aliphatic carbocycles. The summed E-state index contributed by atoms with van der Waals surface area (Å²) in [5, 5.41) is 24.4. The topological polar surface area (TPSA) is 84.8 Å². The van der Waals surface area contributed by atoms with Crippen LogP contribution in [0.3, 0.4) is 0 Å². The number of benzene rings is 1. The van der Waals surface area contributed by atoms with Gasteiger partial charge in [-0.2, -0.15) is 9.99 Å². The monoisotopic (exact) mass is 396 g/mol. The minimum Gasteiger partial charge on any atom is -0.618 e. The summed E-state index contributed by atoms with van der Waals surface area (Å²) in [6, 6.07) is 13.0. The number of thioether (sulfide) groups is 1. The third-order valence-electron chi connectivity index (χ3n) is 4.29. The zero-order chi connectivity index (χ0) is 20.3. The van der Waals surface area contributed by atoms with Gasteiger partial charge in [-0.25, -0.2) is 4.39 Å². The Kier molecular flexibility index (Phi) is 5.66. The molecule has 3 rings (SSSR count). The Hall–Kier alpha value is -3.31. The number of anilines is 1. The van der Waals surface area contributed by atoms with Gasteiger partial charge in [0, 0.05) is 17.8 Å². The zero-order valence-corrected chi connectivity index (χ0v) is 16.1. The van der Waals surface area contributed by atoms with E-state index in [1.165, 1.54) is 18.3 Å². The molecule has 0 spiro atoms. The fraction of sp³-hybridized carbons (Fsp3) is 0.150. The molecule has 0 bridgehead atoms. The van der Waals surface area contributed by atoms with E-state index in [9.17, 15) is 19.7 Å². The Morgan fingerprint density at radius 1 is 1.32 bits per heavy atom. The van der Waals surface area contributed by atoms with E-state index in [0.717, 1.165) is 17.5 Å². The average molecular weight is 396 g/mol. The summed E-state index contributed by atoms with van der Waals surface area (Å²) in [6.07, 6.45) is 1.36. The largest absolute Gasteiger partial charge is 0.618 e. The molecule has 6 nitrogen and oxygen atoms in total. The number of carbonyl (C=O) groups is 1. The van der Waals surface area contributed by atoms with Crippen molar-refractivity contribution in [3.63, 3.8) is 0 Å². The molecule has 0 fully saturated rings. The molecule has 1 N–H and O–H groups in total. The molecule has 0 aliphatic heterocycles. The number of pyridine rings is 1. The summed E-state index contributed by atoms with van der Waals surface area (Å²) in [5.41, 5.74) is 2.25. The van der Waals surface area contributed by atoms with Crippen molar-refractivity contribution in [2.24, 2.45) is 0 Å². The standard InChI is InChI=1S/C20H17FN4O2S/c1-13-14(2)25(16-7-5-6-15(21)10-16)20(17(13)11-22)23-18(26)12-28-19-8-3-4-9-24(19)27/h3-10H,12H2,1-2H3,(H,23,26). The SMILES string of the molecule is Cc1c(C#N)c(NC(=O)CSc2cccc[n+]2[O-])n(-c2cccc(F)c2)c1C. The van der Waals surface area contributed by atoms with Gasteiger partial charge in [0.2, 0.25) is 5.91 Å². The molecular formula is C20H17FN4O2S. The number of hydrogen-bond donors (Lipinski definition) is 1. The molecule has 0 aliphatic rings. The third-order valence-corrected chi connectivity index (χ3v) is 5.31. The number of nitrogens with one attached hydrogen (secondary N) is 1. The highest BCUT2D eigenvalue weighted by molar-refractivity contribution is 7.99. The van der Waals surface area contributed by atoms with Crippen LogP contribution in [0.25, 0.3) is 5.69 Å². The molecule has 0 saturated carbocycles. The molecule has 0 saturated heterocycles. The van der Waals surface area contributed by atoms with Gasteiger partial charge in [-0.1, -0.05) is 6.07 Å². The van der Waals surface area contributed by atoms with Crippen molar-refractivity contribution in [2.45, 2.75) is 18.9 Å². The Morgan fingerprint density at radius 3 is 2.79 bits per heavy atom. The number of carbonyl (C=O) groups excluding carboxylic acids is 1. The van der Waals surface area contributed by atoms with E-state index in [4.69, 9.17) is 0 Å². The number of rotatable bonds is 5. The van der Waals surface area contributed by atoms with Crippen molar-refractivity contribution in [2.75, 3.05) is 11.1 Å². The van der Waals surface area contributed by atoms with Gasteiger partial charge in [0.25, 0.3) is 5.03 Å². The minimum atomic E-state index is -0.418. The van der Waals surface area contributed by atoms with Crippen molar-refractivity contribution in [3.8, 4) is 11.8 Å². The molecule has 142 valence electrons. The molecule has 2 aromatic heterocycles. The molecule has 0 atom stereocenters. The highest BCUT2D eigenvalue weighted by Crippen LogP contribution is 2.30. The quantitative estimate of drug-likeness (QED) is 0.407. The lowest BCUT2D eigenvalue weighted by atomic mass is 10.2. The van der Waals surface area contributed by atoms with Gasteiger partial charge in [-0.05, 0) is 55.4 Å². The maximum absolute atomic E-state index is 13.7. The second-order valence-corrected chi connectivity index (χ2v) is 7.06. The minimum absolute atomic E-state index is 0.0104. The number of amides is 1. The van der Waals surface area contributed by atoms with Crippen LogP contribution in [0.2, 0.25) is 0 Å². The molecule has 1 amide bonds. The van der Waals surface area contributed by atoms with Crippen LogP contribution in [-0.4, -0.2) is 16.2 Å². The van der Waals surface area contributed by atoms with Crippen molar-refractivity contribution in [3.05, 3.63) is 76.5 Å². The van der Waals surface area contributed by atoms with Crippen molar-refractivity contribution < 1.29 is 13.9 Å². The van der Waals surface area contributed by atoms with Crippen LogP contribution in [0, 0.1) is 36.2 Å². The molecule has 0 unspecified atom stereocenters. The molecule has 28 heavy (non-hydrogen) atoms. The zero-order valence-electron chi connectivity index (χ0n) is 15.3. The number of nitrogens with zero attached hydrogens (tertiary/aromatic N) is 3. The second-order valence-electron chi connectivity index (χ2n) is 6.06. The molecule has 2 heterocycles. The Morgan fingerprint density at radius 2 is 2.11 bits per heavy atom. The number of halogens is 1. The van der Waals surface area contributed by atoms with E-state index in [-0.39, 0.29) is 17.5 Å². The van der Waals surface area contributed by atoms with Crippen LogP contribution in [0.1, 0.15) is 16.8 Å². The summed E-state index contributed by atoms with van der Waals surface area (Å²) >= 11 is 1.09. The first-order chi connectivity index (χ1) is 13.4. The molecule has 3 aromatic rings. The number of hydrogen-bond acceptors (Lipinski definition) is 4. The van der Waals surface area contributed by atoms with Gasteiger partial charge < -0.3 is 10.5 Å². The van der Waals surface area contributed by atoms with Crippen molar-refractivity contribution in [1.29, 1.82) is 5.26 Å². The first kappa shape index (κ1) is 19.5. The normalized spacial score (nSPS) is 10.5. The smallest absolute Gasteiger partial charge is 0.251 e. The second kappa shape index (κ2) is 8.15. The Bertz CT molecular complexity index is 1090. The lowest BCUT2D eigenvalue weighted by molar-refractivity contribution is -0.645. The van der Waals surface area contributed by atoms with Crippen LogP contribution >= 0.6 is 11.8 Å². The molecule has 1 aromatic carbocycles. The molecular weight excluding hydrogens is 379 g/mol. The van der Waals surface area contributed by atoms with Crippen molar-refractivity contribution >= 4 is 23.5 Å². The van der Waals surface area contributed by atoms with Crippen LogP contribution < -0.4 is 10.0 Å². The van der Waals surface area contributed by atoms with Crippen LogP contribution in [0.5, 0.6) is 0 Å². The van der Waals surface area contributed by atoms with Crippen molar-refractivity contribution in [1.82, 2.24) is 4.57 Å². The summed E-state index contributed by atoms with van der Waals surface area (Å²) in [7, 11) is 0. The number of nitriles is 1. The van der Waals surface area contributed by atoms with E-state index in [1.54, 1.807) is 48.7 Å². The van der Waals surface area contributed by atoms with Gasteiger partial charge >= 0.3 is 0 Å². The summed E-state index contributed by atoms with van der Waals surface area (Å²) in [6.45, 7) is 3.58. The average Bonchev–Trinajstić information content (AvgIpc) is 2.90. The van der Waals surface area contributed by atoms with Gasteiger partial charge in [-0.3, -0.25) is 9.36 Å². The number of aromatic nitrogens is 2. The lowest BCUT2D eigenvalue weighted by Crippen LogP contribution is -2.28. The van der Waals surface area contributed by atoms with Crippen LogP contribution in [0.15, 0.2) is 53.7 Å². The van der Waals surface area contributed by atoms with Crippen LogP contribution in [-0.2, 0) is 4.79 Å². The van der Waals surface area contributed by atoms with E-state index in [2.05, 4.69) is 11.4 Å². The highest BCUT2D eigenvalue weighted by atomic mass is 32.2. The van der Waals surface area contributed by atoms with Crippen LogP contribution in [0.4, 0.5) is 10.2 Å². The van der Waals surface area contributed by atoms with E-state index in [0.29, 0.717) is 26.6 Å². The summed E-state index contributed by atoms with van der Waals surface area (Å²) in [4.78, 5) is 12.5. The van der Waals surface area contributed by atoms with Gasteiger partial charge in [0.1, 0.15) is 17.7 Å². The fourth-order valence-electron chi connectivity index (χ4n) is 2.83. The third kappa shape index (κ3) is 3.85. The Labute approximate surface area is 165 Å². The first-order valence-corrected chi connectivity index (χ1v) is 9.39. The van der Waals surface area contributed by atoms with Gasteiger partial charge in [-0.15, -0.1) is 0 Å². The van der Waals surface area contributed by atoms with E-state index >= 15 is 0 Å². The maximum atomic E-state index is 13.7. The Balaban J connectivity index is 1.91. The highest BCUT2D eigenvalue weighted by Gasteiger charge is 2.21. The fourth-order valence-corrected chi connectivity index (χ4v) is 3.54. The first-order valence-electron chi connectivity index (χ1n) is 8.41.